The van der Waals surface area contributed by atoms with Crippen LogP contribution in [0.1, 0.15) is 51.0 Å². The molecule has 1 aromatic carbocycles. The van der Waals surface area contributed by atoms with Crippen LogP contribution in [-0.4, -0.2) is 150 Å². The summed E-state index contributed by atoms with van der Waals surface area (Å²) in [6.07, 6.45) is -1.37. The van der Waals surface area contributed by atoms with E-state index in [0.717, 1.165) is 29.8 Å². The molecule has 19 heteroatoms. The second-order valence-electron chi connectivity index (χ2n) is 16.3. The van der Waals surface area contributed by atoms with Gasteiger partial charge in [0.2, 0.25) is 5.78 Å². The number of nitrogens with zero attached hydrogens (tertiary/aromatic N) is 1. The highest BCUT2D eigenvalue weighted by atomic mass is 32.8. The van der Waals surface area contributed by atoms with E-state index in [2.05, 4.69) is 44.3 Å². The maximum atomic E-state index is 15.4. The number of methoxy groups -OCH3 is 3. The number of nitrogens with one attached hydrogen (secondary N) is 3. The van der Waals surface area contributed by atoms with E-state index < -0.39 is 75.0 Å². The number of carbonyl (C=O) groups excluding carboxylic acids is 3. The van der Waals surface area contributed by atoms with E-state index in [1.165, 1.54) is 18.3 Å². The molecule has 4 heterocycles. The van der Waals surface area contributed by atoms with Gasteiger partial charge in [-0.1, -0.05) is 48.9 Å². The van der Waals surface area contributed by atoms with Crippen molar-refractivity contribution in [2.45, 2.75) is 107 Å². The van der Waals surface area contributed by atoms with Crippen molar-refractivity contribution in [3.8, 4) is 29.4 Å². The molecule has 16 nitrogen and oxygen atoms in total. The number of rotatable bonds is 15. The summed E-state index contributed by atoms with van der Waals surface area (Å²) in [5.74, 6) is 11.3. The summed E-state index contributed by atoms with van der Waals surface area (Å²) in [5, 5.41) is 32.0. The van der Waals surface area contributed by atoms with E-state index in [0.29, 0.717) is 22.4 Å². The Kier molecular flexibility index (Phi) is 18.0. The first-order valence-electron chi connectivity index (χ1n) is 21.6. The number of aliphatic hydroxyl groups excluding tert-OH is 2. The van der Waals surface area contributed by atoms with Gasteiger partial charge in [0.15, 0.2) is 18.4 Å². The molecule has 3 aromatic rings. The summed E-state index contributed by atoms with van der Waals surface area (Å²) in [6.45, 7) is 7.52. The molecule has 6 rings (SSSR count). The number of Topliss-reactive ketones (excluding diaryl/α,β-unsaturated/α-hetero) is 2. The first-order chi connectivity index (χ1) is 32.1. The molecular weight excluding hydrogens is 921 g/mol. The molecule has 5 N–H and O–H groups in total. The second-order valence-corrected chi connectivity index (χ2v) is 20.6. The quantitative estimate of drug-likeness (QED) is 0.107. The van der Waals surface area contributed by atoms with Gasteiger partial charge in [-0.05, 0) is 68.3 Å². The summed E-state index contributed by atoms with van der Waals surface area (Å²) in [5.41, 5.74) is 1.27. The molecule has 0 radical (unpaired) electrons. The van der Waals surface area contributed by atoms with Crippen molar-refractivity contribution >= 4 is 71.9 Å². The highest BCUT2D eigenvalue weighted by molar-refractivity contribution is 8.28. The fourth-order valence-corrected chi connectivity index (χ4v) is 10.3. The number of pyridine rings is 1. The maximum absolute atomic E-state index is 15.4. The van der Waals surface area contributed by atoms with Crippen LogP contribution < -0.4 is 15.4 Å². The van der Waals surface area contributed by atoms with Crippen LogP contribution >= 0.6 is 11.8 Å². The zero-order valence-corrected chi connectivity index (χ0v) is 41.3. The topological polar surface area (TPSA) is 209 Å². The third kappa shape index (κ3) is 11.4. The average molecular weight is 979 g/mol. The zero-order chi connectivity index (χ0) is 48.6. The van der Waals surface area contributed by atoms with Gasteiger partial charge in [0.1, 0.15) is 34.5 Å². The Morgan fingerprint density at radius 1 is 1.16 bits per heavy atom. The summed E-state index contributed by atoms with van der Waals surface area (Å²) >= 11 is 6.57. The number of ether oxygens (including phenoxy) is 7. The van der Waals surface area contributed by atoms with E-state index in [1.807, 2.05) is 38.3 Å². The van der Waals surface area contributed by atoms with Crippen LogP contribution in [0.25, 0.3) is 21.8 Å². The molecule has 1 aliphatic carbocycles. The first-order valence-corrected chi connectivity index (χ1v) is 25.6. The number of ketones is 2. The Morgan fingerprint density at radius 3 is 2.60 bits per heavy atom. The predicted molar refractivity (Wildman–Crippen MR) is 260 cm³/mol. The van der Waals surface area contributed by atoms with E-state index in [-0.39, 0.29) is 60.2 Å². The number of hydrogen-bond acceptors (Lipinski definition) is 16. The van der Waals surface area contributed by atoms with Crippen molar-refractivity contribution in [2.75, 3.05) is 46.2 Å². The summed E-state index contributed by atoms with van der Waals surface area (Å²) in [7, 11) is 3.75. The van der Waals surface area contributed by atoms with Gasteiger partial charge in [-0.3, -0.25) is 19.9 Å². The van der Waals surface area contributed by atoms with Crippen molar-refractivity contribution < 1.29 is 57.8 Å². The highest BCUT2D eigenvalue weighted by Gasteiger charge is 2.61. The first kappa shape index (κ1) is 51.9. The van der Waals surface area contributed by atoms with Crippen LogP contribution in [0, 0.1) is 23.7 Å². The molecule has 0 spiro atoms. The Hall–Kier alpha value is -4.48. The minimum atomic E-state index is -1.78. The Morgan fingerprint density at radius 2 is 1.93 bits per heavy atom. The van der Waals surface area contributed by atoms with Crippen LogP contribution in [0.2, 0.25) is 0 Å². The van der Waals surface area contributed by atoms with Gasteiger partial charge >= 0.3 is 6.09 Å². The zero-order valence-electron chi connectivity index (χ0n) is 38.9. The van der Waals surface area contributed by atoms with E-state index >= 15 is 4.79 Å². The van der Waals surface area contributed by atoms with Gasteiger partial charge in [0.25, 0.3) is 0 Å². The summed E-state index contributed by atoms with van der Waals surface area (Å²) < 4.78 is 41.1. The van der Waals surface area contributed by atoms with Crippen LogP contribution in [0.15, 0.2) is 65.5 Å². The molecule has 0 bridgehead atoms. The van der Waals surface area contributed by atoms with Crippen LogP contribution in [0.3, 0.4) is 0 Å². The Labute approximate surface area is 401 Å². The van der Waals surface area contributed by atoms with E-state index in [9.17, 15) is 19.8 Å². The minimum absolute atomic E-state index is 0.0154. The molecule has 67 heavy (non-hydrogen) atoms. The van der Waals surface area contributed by atoms with Gasteiger partial charge in [-0.15, -0.1) is 27.1 Å². The molecule has 2 saturated heterocycles. The van der Waals surface area contributed by atoms with Gasteiger partial charge in [-0.2, -0.15) is 0 Å². The van der Waals surface area contributed by atoms with Crippen molar-refractivity contribution in [1.82, 2.24) is 20.6 Å². The predicted octanol–water partition coefficient (Wildman–Crippen LogP) is 4.18. The van der Waals surface area contributed by atoms with E-state index in [4.69, 9.17) is 44.3 Å². The molecule has 2 fully saturated rings. The van der Waals surface area contributed by atoms with Crippen LogP contribution in [0.4, 0.5) is 4.79 Å². The molecule has 0 saturated carbocycles. The molecule has 2 aliphatic heterocycles. The number of aliphatic hydroxyl groups is 2. The smallest absolute Gasteiger partial charge is 0.411 e. The number of aromatic nitrogens is 2. The van der Waals surface area contributed by atoms with Crippen LogP contribution in [0.5, 0.6) is 5.75 Å². The van der Waals surface area contributed by atoms with Gasteiger partial charge in [-0.25, -0.2) is 4.79 Å². The van der Waals surface area contributed by atoms with Crippen molar-refractivity contribution in [3.05, 3.63) is 71.2 Å². The third-order valence-electron chi connectivity index (χ3n) is 11.8. The highest BCUT2D eigenvalue weighted by Crippen LogP contribution is 2.46. The van der Waals surface area contributed by atoms with Crippen molar-refractivity contribution in [2.24, 2.45) is 0 Å². The number of thioether (sulfide) groups is 1. The van der Waals surface area contributed by atoms with E-state index in [1.54, 1.807) is 46.5 Å². The summed E-state index contributed by atoms with van der Waals surface area (Å²) in [4.78, 5) is 50.0. The number of fused-ring (bicyclic) bond motifs is 3. The Balaban J connectivity index is 1.50. The lowest BCUT2D eigenvalue weighted by Crippen LogP contribution is -2.68. The third-order valence-corrected chi connectivity index (χ3v) is 14.3. The standard InChI is InChI=1S/C48H58N4O12S3/c1-10-11-12-13-14-15-36(39-30(19-21-67(9)65)34(53)23-35(54)41(39)52-47(57)60-7)63-46-43(64-38-24-37(59-6)33(25-61-38)50-26(2)3)45(56)48(66-8,27(4)62-46)44(55)42-40-29(18-20-49-42)31-22-28(58-5)16-17-32(31)51-40/h12-13,16-20,22,26-27,33-34,36-38,43,45-46,50-51,53,56H,21,23-25H2,1-9H3,(H,52,57)/b13-12-,30-19-/t27?,33?,34-,36-,37?,38?,43?,45?,46?,48?,67?/m0/s1. The normalized spacial score (nSPS) is 28.2. The van der Waals surface area contributed by atoms with Crippen molar-refractivity contribution in [3.63, 3.8) is 0 Å². The SMILES string of the molecule is CC#C/C=C\C#C[C@H](OC1OC(C)C(SC)(C(=O)c2nccc3c2[nH]c2ccc(OC)cc23)C(O)C1OC1CC(OC)C(NC(C)C)CO1)C1=C(NC(=O)OC)C(=O)C[C@H](O)/C1=C/CS(C)=S. The number of amides is 1. The van der Waals surface area contributed by atoms with Gasteiger partial charge in [0.05, 0.1) is 56.4 Å². The number of hydrogen-bond donors (Lipinski definition) is 5. The largest absolute Gasteiger partial charge is 0.497 e. The lowest BCUT2D eigenvalue weighted by molar-refractivity contribution is -0.323. The number of carbonyl (C=O) groups is 3. The Bertz CT molecular complexity index is 2570. The maximum Gasteiger partial charge on any atom is 0.411 e. The molecule has 1 amide bonds. The number of allylic oxidation sites excluding steroid dienone is 3. The molecule has 11 atom stereocenters. The fourth-order valence-electron chi connectivity index (χ4n) is 8.59. The molecular formula is C48H58N4O12S3. The van der Waals surface area contributed by atoms with Crippen LogP contribution in [-0.2, 0) is 53.9 Å². The van der Waals surface area contributed by atoms with Gasteiger partial charge < -0.3 is 53.7 Å². The number of H-pyrrole nitrogens is 1. The van der Waals surface area contributed by atoms with Crippen molar-refractivity contribution in [1.29, 1.82) is 0 Å². The average Bonchev–Trinajstić information content (AvgIpc) is 3.68. The number of alkyl carbamates (subject to hydrolysis) is 1. The monoisotopic (exact) mass is 978 g/mol. The molecule has 2 aromatic heterocycles. The summed E-state index contributed by atoms with van der Waals surface area (Å²) in [6, 6.07) is 7.26. The lowest BCUT2D eigenvalue weighted by atomic mass is 9.82. The fraction of sp³-hybridized carbons (Fsp3) is 0.500. The lowest BCUT2D eigenvalue weighted by Gasteiger charge is -2.51. The second kappa shape index (κ2) is 23.2. The van der Waals surface area contributed by atoms with Gasteiger partial charge in [0, 0.05) is 59.8 Å². The molecule has 9 unspecified atom stereocenters. The minimum Gasteiger partial charge on any atom is -0.497 e. The number of aromatic amines is 1. The number of benzene rings is 1. The molecule has 360 valence electrons. The molecule has 3 aliphatic rings.